The van der Waals surface area contributed by atoms with E-state index in [0.29, 0.717) is 10.0 Å². The van der Waals surface area contributed by atoms with Crippen molar-refractivity contribution in [1.82, 2.24) is 0 Å². The van der Waals surface area contributed by atoms with E-state index >= 15 is 0 Å². The molecule has 2 unspecified atom stereocenters. The molecule has 0 heterocycles. The van der Waals surface area contributed by atoms with Crippen molar-refractivity contribution in [2.45, 2.75) is 39.4 Å². The first-order valence-corrected chi connectivity index (χ1v) is 6.31. The van der Waals surface area contributed by atoms with Crippen LogP contribution in [-0.4, -0.2) is 22.4 Å². The highest BCUT2D eigenvalue weighted by molar-refractivity contribution is 9.10. The molecule has 0 spiro atoms. The summed E-state index contributed by atoms with van der Waals surface area (Å²) in [6, 6.07) is 4.68. The van der Waals surface area contributed by atoms with Crippen LogP contribution in [0.2, 0.25) is 0 Å². The van der Waals surface area contributed by atoms with E-state index in [1.54, 1.807) is 12.1 Å². The van der Waals surface area contributed by atoms with E-state index in [2.05, 4.69) is 15.9 Å². The maximum atomic E-state index is 13.5. The number of hydrogen-bond donors (Lipinski definition) is 2. The Kier molecular flexibility index (Phi) is 4.69. The van der Waals surface area contributed by atoms with Crippen molar-refractivity contribution in [1.29, 1.82) is 0 Å². The number of halogens is 2. The van der Waals surface area contributed by atoms with Gasteiger partial charge in [-0.15, -0.1) is 0 Å². The van der Waals surface area contributed by atoms with Gasteiger partial charge in [-0.3, -0.25) is 0 Å². The summed E-state index contributed by atoms with van der Waals surface area (Å²) in [6.07, 6.45) is -1.74. The van der Waals surface area contributed by atoms with Gasteiger partial charge in [0.15, 0.2) is 0 Å². The lowest BCUT2D eigenvalue weighted by Crippen LogP contribution is -2.39. The van der Waals surface area contributed by atoms with Crippen molar-refractivity contribution in [2.24, 2.45) is 5.41 Å². The van der Waals surface area contributed by atoms with E-state index in [1.165, 1.54) is 6.07 Å². The van der Waals surface area contributed by atoms with E-state index in [0.717, 1.165) is 0 Å². The molecule has 4 heteroatoms. The van der Waals surface area contributed by atoms with Gasteiger partial charge >= 0.3 is 0 Å². The zero-order valence-electron chi connectivity index (χ0n) is 10.2. The van der Waals surface area contributed by atoms with E-state index < -0.39 is 17.6 Å². The Balaban J connectivity index is 2.78. The summed E-state index contributed by atoms with van der Waals surface area (Å²) in [6.45, 7) is 5.50. The molecule has 0 saturated heterocycles. The van der Waals surface area contributed by atoms with Gasteiger partial charge in [0.2, 0.25) is 0 Å². The summed E-state index contributed by atoms with van der Waals surface area (Å²) in [5.74, 6) is -0.375. The summed E-state index contributed by atoms with van der Waals surface area (Å²) in [7, 11) is 0. The van der Waals surface area contributed by atoms with Crippen LogP contribution in [0.15, 0.2) is 22.7 Å². The van der Waals surface area contributed by atoms with Gasteiger partial charge in [0.05, 0.1) is 12.2 Å². The molecule has 17 heavy (non-hydrogen) atoms. The highest BCUT2D eigenvalue weighted by Crippen LogP contribution is 2.24. The maximum Gasteiger partial charge on any atom is 0.127 e. The van der Waals surface area contributed by atoms with Crippen LogP contribution in [0.1, 0.15) is 26.3 Å². The van der Waals surface area contributed by atoms with E-state index in [4.69, 9.17) is 0 Å². The van der Waals surface area contributed by atoms with Crippen molar-refractivity contribution in [3.05, 3.63) is 34.1 Å². The van der Waals surface area contributed by atoms with Gasteiger partial charge in [-0.2, -0.15) is 0 Å². The average Bonchev–Trinajstić information content (AvgIpc) is 2.19. The first kappa shape index (κ1) is 14.6. The molecule has 0 saturated carbocycles. The number of hydrogen-bond acceptors (Lipinski definition) is 2. The molecular formula is C13H18BrFO2. The van der Waals surface area contributed by atoms with Gasteiger partial charge < -0.3 is 10.2 Å². The van der Waals surface area contributed by atoms with Crippen LogP contribution in [0.25, 0.3) is 0 Å². The molecule has 1 aromatic rings. The predicted molar refractivity (Wildman–Crippen MR) is 69.3 cm³/mol. The fourth-order valence-corrected chi connectivity index (χ4v) is 1.93. The van der Waals surface area contributed by atoms with E-state index in [1.807, 2.05) is 20.8 Å². The molecule has 1 rings (SSSR count). The molecule has 0 aliphatic carbocycles. The fraction of sp³-hybridized carbons (Fsp3) is 0.538. The summed E-state index contributed by atoms with van der Waals surface area (Å²) < 4.78 is 14.2. The summed E-state index contributed by atoms with van der Waals surface area (Å²) in [5.41, 5.74) is -0.0189. The van der Waals surface area contributed by atoms with E-state index in [-0.39, 0.29) is 12.2 Å². The van der Waals surface area contributed by atoms with Crippen molar-refractivity contribution < 1.29 is 14.6 Å². The minimum atomic E-state index is -0.967. The number of aliphatic hydroxyl groups is 2. The number of aliphatic hydroxyl groups excluding tert-OH is 2. The lowest BCUT2D eigenvalue weighted by Gasteiger charge is -2.30. The van der Waals surface area contributed by atoms with Gasteiger partial charge in [0.1, 0.15) is 5.82 Å². The Bertz CT molecular complexity index is 387. The van der Waals surface area contributed by atoms with Crippen molar-refractivity contribution in [3.63, 3.8) is 0 Å². The molecule has 0 aliphatic heterocycles. The summed E-state index contributed by atoms with van der Waals surface area (Å²) in [4.78, 5) is 0. The van der Waals surface area contributed by atoms with Gasteiger partial charge in [-0.05, 0) is 23.1 Å². The zero-order valence-corrected chi connectivity index (χ0v) is 11.8. The third-order valence-corrected chi connectivity index (χ3v) is 3.19. The van der Waals surface area contributed by atoms with Gasteiger partial charge in [0, 0.05) is 10.9 Å². The molecule has 2 N–H and O–H groups in total. The second-order valence-electron chi connectivity index (χ2n) is 5.32. The second-order valence-corrected chi connectivity index (χ2v) is 6.23. The molecule has 96 valence electrons. The minimum Gasteiger partial charge on any atom is -0.390 e. The summed E-state index contributed by atoms with van der Waals surface area (Å²) in [5, 5.41) is 19.8. The average molecular weight is 305 g/mol. The monoisotopic (exact) mass is 304 g/mol. The topological polar surface area (TPSA) is 40.5 Å². The quantitative estimate of drug-likeness (QED) is 0.901. The second kappa shape index (κ2) is 5.46. The first-order valence-electron chi connectivity index (χ1n) is 5.52. The minimum absolute atomic E-state index is 0.109. The zero-order chi connectivity index (χ0) is 13.2. The lowest BCUT2D eigenvalue weighted by molar-refractivity contribution is -0.0436. The smallest absolute Gasteiger partial charge is 0.127 e. The Hall–Kier alpha value is -0.450. The highest BCUT2D eigenvalue weighted by atomic mass is 79.9. The Morgan fingerprint density at radius 2 is 1.88 bits per heavy atom. The van der Waals surface area contributed by atoms with Crippen molar-refractivity contribution in [3.8, 4) is 0 Å². The number of rotatable bonds is 3. The Morgan fingerprint density at radius 1 is 1.29 bits per heavy atom. The normalized spacial score (nSPS) is 15.7. The third-order valence-electron chi connectivity index (χ3n) is 2.70. The molecule has 1 aromatic carbocycles. The molecule has 0 fully saturated rings. The van der Waals surface area contributed by atoms with Gasteiger partial charge in [-0.1, -0.05) is 42.8 Å². The van der Waals surface area contributed by atoms with Crippen LogP contribution in [0, 0.1) is 11.2 Å². The van der Waals surface area contributed by atoms with Crippen LogP contribution in [0.4, 0.5) is 4.39 Å². The Labute approximate surface area is 110 Å². The summed E-state index contributed by atoms with van der Waals surface area (Å²) >= 11 is 3.17. The highest BCUT2D eigenvalue weighted by Gasteiger charge is 2.29. The number of benzene rings is 1. The molecule has 0 aliphatic rings. The van der Waals surface area contributed by atoms with Gasteiger partial charge in [-0.25, -0.2) is 4.39 Å². The van der Waals surface area contributed by atoms with Crippen LogP contribution in [-0.2, 0) is 6.42 Å². The molecular weight excluding hydrogens is 287 g/mol. The van der Waals surface area contributed by atoms with Crippen molar-refractivity contribution in [2.75, 3.05) is 0 Å². The van der Waals surface area contributed by atoms with Crippen LogP contribution >= 0.6 is 15.9 Å². The SMILES string of the molecule is CC(C)(C)C(O)C(O)Cc1ccc(Br)cc1F. The molecule has 2 nitrogen and oxygen atoms in total. The first-order chi connectivity index (χ1) is 7.71. The van der Waals surface area contributed by atoms with Crippen LogP contribution < -0.4 is 0 Å². The molecule has 0 aromatic heterocycles. The van der Waals surface area contributed by atoms with Crippen LogP contribution in [0.3, 0.4) is 0 Å². The lowest BCUT2D eigenvalue weighted by atomic mass is 9.84. The Morgan fingerprint density at radius 3 is 2.35 bits per heavy atom. The fourth-order valence-electron chi connectivity index (χ4n) is 1.60. The van der Waals surface area contributed by atoms with Crippen molar-refractivity contribution >= 4 is 15.9 Å². The largest absolute Gasteiger partial charge is 0.390 e. The third kappa shape index (κ3) is 4.05. The maximum absolute atomic E-state index is 13.5. The molecule has 2 atom stereocenters. The molecule has 0 amide bonds. The van der Waals surface area contributed by atoms with Crippen LogP contribution in [0.5, 0.6) is 0 Å². The predicted octanol–water partition coefficient (Wildman–Crippen LogP) is 2.90. The molecule has 0 bridgehead atoms. The molecule has 0 radical (unpaired) electrons. The standard InChI is InChI=1S/C13H18BrFO2/c1-13(2,3)12(17)11(16)6-8-4-5-9(14)7-10(8)15/h4-5,7,11-12,16-17H,6H2,1-3H3. The van der Waals surface area contributed by atoms with Gasteiger partial charge in [0.25, 0.3) is 0 Å². The van der Waals surface area contributed by atoms with E-state index in [9.17, 15) is 14.6 Å².